The molecule has 3 rings (SSSR count). The molecule has 2 aromatic heterocycles. The summed E-state index contributed by atoms with van der Waals surface area (Å²) in [7, 11) is 0. The van der Waals surface area contributed by atoms with Crippen molar-refractivity contribution in [2.24, 2.45) is 0 Å². The first kappa shape index (κ1) is 17.0. The van der Waals surface area contributed by atoms with Crippen molar-refractivity contribution in [1.82, 2.24) is 14.9 Å². The zero-order valence-corrected chi connectivity index (χ0v) is 14.0. The van der Waals surface area contributed by atoms with E-state index in [2.05, 4.69) is 15.3 Å². The smallest absolute Gasteiger partial charge is 0.254 e. The number of hydrogen-bond acceptors (Lipinski definition) is 3. The van der Waals surface area contributed by atoms with E-state index in [1.807, 2.05) is 6.07 Å². The minimum atomic E-state index is -2.98. The van der Waals surface area contributed by atoms with Gasteiger partial charge in [-0.25, -0.2) is 13.8 Å². The maximum absolute atomic E-state index is 13.1. The number of aromatic amines is 1. The van der Waals surface area contributed by atoms with E-state index in [0.717, 1.165) is 36.5 Å². The fourth-order valence-electron chi connectivity index (χ4n) is 3.03. The maximum Gasteiger partial charge on any atom is 0.254 e. The van der Waals surface area contributed by atoms with Gasteiger partial charge < -0.3 is 15.2 Å². The van der Waals surface area contributed by atoms with Crippen LogP contribution in [0.25, 0.3) is 11.0 Å². The largest absolute Gasteiger partial charge is 0.379 e. The third kappa shape index (κ3) is 3.77. The Labute approximate surface area is 143 Å². The number of carbonyl (C=O) groups excluding carboxylic acids is 1. The average Bonchev–Trinajstić information content (AvgIpc) is 2.97. The molecule has 1 aliphatic heterocycles. The monoisotopic (exact) mass is 356 g/mol. The number of nitrogens with one attached hydrogen (secondary N) is 2. The second kappa shape index (κ2) is 6.55. The van der Waals surface area contributed by atoms with Gasteiger partial charge in [-0.2, -0.15) is 0 Å². The van der Waals surface area contributed by atoms with E-state index in [1.54, 1.807) is 12.4 Å². The van der Waals surface area contributed by atoms with Crippen LogP contribution < -0.4 is 5.32 Å². The van der Waals surface area contributed by atoms with Gasteiger partial charge in [0.15, 0.2) is 0 Å². The molecule has 24 heavy (non-hydrogen) atoms. The maximum atomic E-state index is 13.1. The number of H-pyrrole nitrogens is 1. The Bertz CT molecular complexity index is 743. The van der Waals surface area contributed by atoms with Crippen LogP contribution in [0.3, 0.4) is 0 Å². The number of pyridine rings is 1. The van der Waals surface area contributed by atoms with Crippen LogP contribution in [0.2, 0.25) is 5.02 Å². The summed E-state index contributed by atoms with van der Waals surface area (Å²) in [4.78, 5) is 20.8. The Morgan fingerprint density at radius 3 is 3.12 bits per heavy atom. The summed E-state index contributed by atoms with van der Waals surface area (Å²) in [6.07, 6.45) is 4.19. The van der Waals surface area contributed by atoms with E-state index in [9.17, 15) is 13.6 Å². The molecule has 0 spiro atoms. The normalized spacial score (nSPS) is 18.8. The summed E-state index contributed by atoms with van der Waals surface area (Å²) in [6.45, 7) is 1.67. The number of alkyl halides is 2. The highest BCUT2D eigenvalue weighted by atomic mass is 35.5. The standard InChI is InChI=1S/C16H19ClF2N4O/c1-16(18,19)7-13(24)23-6-2-3-10(9-23)22-14-11-4-5-20-15(11)21-8-12(14)17/h4-5,8,10H,2-3,6-7,9H2,1H3,(H2,20,21,22). The number of rotatable bonds is 4. The highest BCUT2D eigenvalue weighted by molar-refractivity contribution is 6.34. The predicted molar refractivity (Wildman–Crippen MR) is 89.6 cm³/mol. The molecule has 0 saturated carbocycles. The lowest BCUT2D eigenvalue weighted by Gasteiger charge is -2.34. The molecule has 5 nitrogen and oxygen atoms in total. The fraction of sp³-hybridized carbons (Fsp3) is 0.500. The van der Waals surface area contributed by atoms with E-state index in [1.165, 1.54) is 4.90 Å². The van der Waals surface area contributed by atoms with Crippen LogP contribution in [0.5, 0.6) is 0 Å². The molecule has 8 heteroatoms. The molecule has 0 aliphatic carbocycles. The van der Waals surface area contributed by atoms with E-state index in [0.29, 0.717) is 18.1 Å². The van der Waals surface area contributed by atoms with Gasteiger partial charge in [-0.15, -0.1) is 0 Å². The lowest BCUT2D eigenvalue weighted by Crippen LogP contribution is -2.46. The van der Waals surface area contributed by atoms with Crippen molar-refractivity contribution in [3.05, 3.63) is 23.5 Å². The Morgan fingerprint density at radius 1 is 1.58 bits per heavy atom. The van der Waals surface area contributed by atoms with Crippen LogP contribution in [0.4, 0.5) is 14.5 Å². The summed E-state index contributed by atoms with van der Waals surface area (Å²) in [5.74, 6) is -3.50. The number of piperidine rings is 1. The molecule has 2 N–H and O–H groups in total. The molecule has 1 atom stereocenters. The van der Waals surface area contributed by atoms with Crippen molar-refractivity contribution in [3.63, 3.8) is 0 Å². The number of hydrogen-bond donors (Lipinski definition) is 2. The summed E-state index contributed by atoms with van der Waals surface area (Å²) in [5.41, 5.74) is 1.47. The van der Waals surface area contributed by atoms with Crippen molar-refractivity contribution in [2.75, 3.05) is 18.4 Å². The molecule has 0 bridgehead atoms. The Balaban J connectivity index is 1.72. The van der Waals surface area contributed by atoms with Crippen LogP contribution in [-0.2, 0) is 4.79 Å². The molecule has 1 amide bonds. The zero-order chi connectivity index (χ0) is 17.3. The lowest BCUT2D eigenvalue weighted by molar-refractivity contribution is -0.138. The number of nitrogens with zero attached hydrogens (tertiary/aromatic N) is 2. The first-order chi connectivity index (χ1) is 11.3. The summed E-state index contributed by atoms with van der Waals surface area (Å²) >= 11 is 6.25. The van der Waals surface area contributed by atoms with Crippen LogP contribution in [0.15, 0.2) is 18.5 Å². The molecule has 3 heterocycles. The number of anilines is 1. The van der Waals surface area contributed by atoms with E-state index in [4.69, 9.17) is 11.6 Å². The van der Waals surface area contributed by atoms with Gasteiger partial charge in [0.05, 0.1) is 23.3 Å². The molecule has 1 fully saturated rings. The van der Waals surface area contributed by atoms with Gasteiger partial charge in [0.25, 0.3) is 5.92 Å². The van der Waals surface area contributed by atoms with E-state index in [-0.39, 0.29) is 6.04 Å². The number of aromatic nitrogens is 2. The van der Waals surface area contributed by atoms with Gasteiger partial charge in [0.1, 0.15) is 5.65 Å². The second-order valence-corrected chi connectivity index (χ2v) is 6.70. The third-order valence-electron chi connectivity index (χ3n) is 4.12. The van der Waals surface area contributed by atoms with Gasteiger partial charge in [-0.3, -0.25) is 4.79 Å². The number of likely N-dealkylation sites (tertiary alicyclic amines) is 1. The topological polar surface area (TPSA) is 61.0 Å². The van der Waals surface area contributed by atoms with Crippen LogP contribution in [0, 0.1) is 0 Å². The molecule has 0 radical (unpaired) electrons. The minimum Gasteiger partial charge on any atom is -0.379 e. The van der Waals surface area contributed by atoms with Crippen LogP contribution in [0.1, 0.15) is 26.2 Å². The molecule has 1 saturated heterocycles. The molecular weight excluding hydrogens is 338 g/mol. The van der Waals surface area contributed by atoms with Crippen molar-refractivity contribution < 1.29 is 13.6 Å². The predicted octanol–water partition coefficient (Wildman–Crippen LogP) is 3.66. The number of amides is 1. The van der Waals surface area contributed by atoms with Gasteiger partial charge in [-0.1, -0.05) is 11.6 Å². The van der Waals surface area contributed by atoms with Crippen molar-refractivity contribution in [3.8, 4) is 0 Å². The number of fused-ring (bicyclic) bond motifs is 1. The number of halogens is 3. The summed E-state index contributed by atoms with van der Waals surface area (Å²) < 4.78 is 26.1. The Hall–Kier alpha value is -1.89. The van der Waals surface area contributed by atoms with Gasteiger partial charge in [0, 0.05) is 30.7 Å². The Morgan fingerprint density at radius 2 is 2.38 bits per heavy atom. The molecule has 1 aliphatic rings. The van der Waals surface area contributed by atoms with Crippen LogP contribution >= 0.6 is 11.6 Å². The van der Waals surface area contributed by atoms with Crippen LogP contribution in [-0.4, -0.2) is 45.8 Å². The second-order valence-electron chi connectivity index (χ2n) is 6.29. The fourth-order valence-corrected chi connectivity index (χ4v) is 3.24. The van der Waals surface area contributed by atoms with Gasteiger partial charge >= 0.3 is 0 Å². The first-order valence-corrected chi connectivity index (χ1v) is 8.25. The molecular formula is C16H19ClF2N4O. The van der Waals surface area contributed by atoms with Crippen molar-refractivity contribution in [2.45, 2.75) is 38.2 Å². The summed E-state index contributed by atoms with van der Waals surface area (Å²) in [6, 6.07) is 1.84. The molecule has 2 aromatic rings. The highest BCUT2D eigenvalue weighted by Gasteiger charge is 2.31. The SMILES string of the molecule is CC(F)(F)CC(=O)N1CCCC(Nc2c(Cl)cnc3[nH]ccc23)C1. The quantitative estimate of drug-likeness (QED) is 0.878. The first-order valence-electron chi connectivity index (χ1n) is 7.87. The average molecular weight is 357 g/mol. The molecule has 1 unspecified atom stereocenters. The lowest BCUT2D eigenvalue weighted by atomic mass is 10.0. The third-order valence-corrected chi connectivity index (χ3v) is 4.41. The van der Waals surface area contributed by atoms with E-state index < -0.39 is 18.3 Å². The highest BCUT2D eigenvalue weighted by Crippen LogP contribution is 2.31. The van der Waals surface area contributed by atoms with Crippen molar-refractivity contribution >= 4 is 34.2 Å². The molecule has 130 valence electrons. The van der Waals surface area contributed by atoms with E-state index >= 15 is 0 Å². The molecule has 0 aromatic carbocycles. The van der Waals surface area contributed by atoms with Gasteiger partial charge in [-0.05, 0) is 25.8 Å². The Kier molecular flexibility index (Phi) is 4.62. The summed E-state index contributed by atoms with van der Waals surface area (Å²) in [5, 5.41) is 4.71. The van der Waals surface area contributed by atoms with Crippen molar-refractivity contribution in [1.29, 1.82) is 0 Å². The van der Waals surface area contributed by atoms with Gasteiger partial charge in [0.2, 0.25) is 5.91 Å². The minimum absolute atomic E-state index is 0.0359. The zero-order valence-electron chi connectivity index (χ0n) is 13.3. The number of carbonyl (C=O) groups is 1.